The van der Waals surface area contributed by atoms with Crippen molar-refractivity contribution < 1.29 is 43.1 Å². The van der Waals surface area contributed by atoms with E-state index in [1.807, 2.05) is 65.8 Å². The van der Waals surface area contributed by atoms with E-state index >= 15 is 4.79 Å². The van der Waals surface area contributed by atoms with Crippen LogP contribution in [0.4, 0.5) is 9.59 Å². The monoisotopic (exact) mass is 900 g/mol. The van der Waals surface area contributed by atoms with Gasteiger partial charge in [0.15, 0.2) is 11.6 Å². The van der Waals surface area contributed by atoms with Crippen LogP contribution in [0.15, 0.2) is 36.9 Å². The summed E-state index contributed by atoms with van der Waals surface area (Å²) in [6.07, 6.45) is 8.53. The molecule has 2 aliphatic carbocycles. The number of allylic oxidation sites excluding steroid dienone is 1. The van der Waals surface area contributed by atoms with Crippen LogP contribution in [0.3, 0.4) is 0 Å². The highest BCUT2D eigenvalue weighted by Crippen LogP contribution is 2.41. The number of carbonyl (C=O) groups is 8. The van der Waals surface area contributed by atoms with Gasteiger partial charge in [-0.05, 0) is 65.4 Å². The van der Waals surface area contributed by atoms with Gasteiger partial charge in [-0.3, -0.25) is 33.7 Å². The lowest BCUT2D eigenvalue weighted by Gasteiger charge is -2.43. The number of ketones is 3. The molecule has 14 heteroatoms. The van der Waals surface area contributed by atoms with Crippen LogP contribution in [0.2, 0.25) is 0 Å². The molecule has 2 saturated heterocycles. The number of urea groups is 1. The lowest BCUT2D eigenvalue weighted by molar-refractivity contribution is -0.153. The molecule has 2 N–H and O–H groups in total. The van der Waals surface area contributed by atoms with Crippen molar-refractivity contribution in [2.24, 2.45) is 28.1 Å². The minimum Gasteiger partial charge on any atom is -0.444 e. The van der Waals surface area contributed by atoms with Crippen molar-refractivity contribution in [2.45, 2.75) is 175 Å². The summed E-state index contributed by atoms with van der Waals surface area (Å²) < 4.78 is 6.13. The highest BCUT2D eigenvalue weighted by Gasteiger charge is 2.50. The molecule has 14 nitrogen and oxygen atoms in total. The first-order chi connectivity index (χ1) is 30.7. The van der Waals surface area contributed by atoms with Crippen molar-refractivity contribution >= 4 is 47.2 Å². The molecule has 6 amide bonds. The summed E-state index contributed by atoms with van der Waals surface area (Å²) in [7, 11) is 0. The molecule has 65 heavy (non-hydrogen) atoms. The Morgan fingerprint density at radius 3 is 2.20 bits per heavy atom. The summed E-state index contributed by atoms with van der Waals surface area (Å²) >= 11 is 0. The Hall–Kier alpha value is -4.88. The summed E-state index contributed by atoms with van der Waals surface area (Å²) in [5, 5.41) is 6.05. The maximum Gasteiger partial charge on any atom is 0.410 e. The first-order valence-electron chi connectivity index (χ1n) is 24.1. The number of ether oxygens (including phenoxy) is 1. The van der Waals surface area contributed by atoms with E-state index in [0.717, 1.165) is 44.1 Å². The van der Waals surface area contributed by atoms with E-state index in [0.29, 0.717) is 45.2 Å². The van der Waals surface area contributed by atoms with Crippen LogP contribution in [0.1, 0.15) is 149 Å². The molecule has 3 aliphatic heterocycles. The number of imide groups is 1. The van der Waals surface area contributed by atoms with E-state index in [-0.39, 0.29) is 68.7 Å². The molecule has 3 heterocycles. The molecule has 0 aromatic heterocycles. The second kappa shape index (κ2) is 20.7. The molecule has 5 atom stereocenters. The van der Waals surface area contributed by atoms with E-state index in [1.165, 1.54) is 15.4 Å². The first kappa shape index (κ1) is 49.6. The van der Waals surface area contributed by atoms with Crippen molar-refractivity contribution in [3.63, 3.8) is 0 Å². The van der Waals surface area contributed by atoms with Gasteiger partial charge in [0, 0.05) is 57.7 Å². The molecule has 0 spiro atoms. The Balaban J connectivity index is 1.26. The quantitative estimate of drug-likeness (QED) is 0.0926. The Morgan fingerprint density at radius 2 is 1.58 bits per heavy atom. The second-order valence-electron chi connectivity index (χ2n) is 21.8. The fraction of sp³-hybridized carbons (Fsp3) is 0.686. The van der Waals surface area contributed by atoms with Crippen molar-refractivity contribution in [1.29, 1.82) is 0 Å². The summed E-state index contributed by atoms with van der Waals surface area (Å²) in [6.45, 7) is 15.8. The molecule has 356 valence electrons. The topological polar surface area (TPSA) is 180 Å². The van der Waals surface area contributed by atoms with Crippen LogP contribution in [0.5, 0.6) is 0 Å². The largest absolute Gasteiger partial charge is 0.444 e. The molecule has 4 fully saturated rings. The fourth-order valence-corrected chi connectivity index (χ4v) is 10.5. The third-order valence-corrected chi connectivity index (χ3v) is 14.9. The number of hydrogen-bond acceptors (Lipinski definition) is 9. The van der Waals surface area contributed by atoms with Crippen molar-refractivity contribution in [3.05, 3.63) is 48.0 Å². The minimum absolute atomic E-state index is 0.00587. The van der Waals surface area contributed by atoms with Gasteiger partial charge < -0.3 is 25.2 Å². The van der Waals surface area contributed by atoms with Gasteiger partial charge >= 0.3 is 12.1 Å². The van der Waals surface area contributed by atoms with Gasteiger partial charge in [0.2, 0.25) is 23.5 Å². The molecule has 5 aliphatic rings. The predicted molar refractivity (Wildman–Crippen MR) is 245 cm³/mol. The van der Waals surface area contributed by atoms with Crippen LogP contribution in [0, 0.1) is 28.1 Å². The maximum atomic E-state index is 15.3. The number of hydrogen-bond donors (Lipinski definition) is 2. The summed E-state index contributed by atoms with van der Waals surface area (Å²) in [6, 6.07) is 4.43. The first-order valence-corrected chi connectivity index (χ1v) is 24.1. The number of rotatable bonds is 17. The Bertz CT molecular complexity index is 1980. The number of piperidine rings is 1. The summed E-state index contributed by atoms with van der Waals surface area (Å²) in [5.41, 5.74) is 0.422. The van der Waals surface area contributed by atoms with E-state index in [2.05, 4.69) is 17.2 Å². The number of nitrogens with zero attached hydrogens (tertiary/aromatic N) is 3. The number of likely N-dealkylation sites (tertiary alicyclic amines) is 2. The average Bonchev–Trinajstić information content (AvgIpc) is 3.66. The third kappa shape index (κ3) is 12.3. The highest BCUT2D eigenvalue weighted by atomic mass is 16.6. The molecule has 1 aromatic carbocycles. The van der Waals surface area contributed by atoms with E-state index in [4.69, 9.17) is 4.74 Å². The zero-order chi connectivity index (χ0) is 47.3. The van der Waals surface area contributed by atoms with Gasteiger partial charge in [-0.2, -0.15) is 0 Å². The molecule has 1 aromatic rings. The SMILES string of the molecule is C=CCCC(=O)C(=O)C(CC(=O)[C@@H]1C[C@@H](OC(=O)N2CCc3ccccc3C2)CN1C(=O)[C@@H](NC(=O)N[C@H](CN1C(=O)CC(C)(C)CC1=O)C(C)(C)C)C1(C)CCCCC1)CC1CCC1. The smallest absolute Gasteiger partial charge is 0.410 e. The van der Waals surface area contributed by atoms with Gasteiger partial charge in [0.25, 0.3) is 0 Å². The highest BCUT2D eigenvalue weighted by molar-refractivity contribution is 6.38. The number of carbonyl (C=O) groups excluding carboxylic acids is 8. The Labute approximate surface area is 385 Å². The lowest BCUT2D eigenvalue weighted by atomic mass is 9.70. The molecule has 0 radical (unpaired) electrons. The van der Waals surface area contributed by atoms with E-state index in [1.54, 1.807) is 11.0 Å². The van der Waals surface area contributed by atoms with E-state index < -0.39 is 76.0 Å². The standard InChI is InChI=1S/C51H73N5O9/c1-8-9-20-39(57)44(61)36(25-33-16-15-17-33)26-40(58)38-27-37(65-48(64)54-24-21-34-18-11-12-19-35(34)30-54)31-55(38)46(62)45(51(7)22-13-10-14-23-51)53-47(63)52-41(49(2,3)4)32-56-42(59)28-50(5,6)29-43(56)60/h8,11-12,18-19,33,36-38,41,45H,1,9-10,13-17,20-32H2,2-7H3,(H2,52,53,63)/t36?,37-,38+,41-,45-/m1/s1. The zero-order valence-corrected chi connectivity index (χ0v) is 39.7. The number of nitrogens with one attached hydrogen (secondary N) is 2. The molecular formula is C51H73N5O9. The average molecular weight is 900 g/mol. The van der Waals surface area contributed by atoms with Crippen LogP contribution in [-0.4, -0.2) is 106 Å². The maximum absolute atomic E-state index is 15.3. The minimum atomic E-state index is -1.10. The summed E-state index contributed by atoms with van der Waals surface area (Å²) in [5.74, 6) is -3.21. The van der Waals surface area contributed by atoms with Gasteiger partial charge in [-0.25, -0.2) is 9.59 Å². The van der Waals surface area contributed by atoms with Crippen molar-refractivity contribution in [1.82, 2.24) is 25.3 Å². The number of fused-ring (bicyclic) bond motifs is 1. The molecule has 1 unspecified atom stereocenters. The number of benzene rings is 1. The number of amides is 6. The second-order valence-corrected chi connectivity index (χ2v) is 21.8. The van der Waals surface area contributed by atoms with Gasteiger partial charge in [0.05, 0.1) is 18.6 Å². The Kier molecular flexibility index (Phi) is 15.8. The summed E-state index contributed by atoms with van der Waals surface area (Å²) in [4.78, 5) is 116. The van der Waals surface area contributed by atoms with Crippen LogP contribution >= 0.6 is 0 Å². The molecule has 0 bridgehead atoms. The van der Waals surface area contributed by atoms with Crippen LogP contribution in [-0.2, 0) is 46.5 Å². The van der Waals surface area contributed by atoms with Gasteiger partial charge in [-0.1, -0.05) is 110 Å². The Morgan fingerprint density at radius 1 is 0.923 bits per heavy atom. The van der Waals surface area contributed by atoms with Crippen LogP contribution in [0.25, 0.3) is 0 Å². The molecule has 6 rings (SSSR count). The molecular weight excluding hydrogens is 827 g/mol. The lowest BCUT2D eigenvalue weighted by Crippen LogP contribution is -2.63. The fourth-order valence-electron chi connectivity index (χ4n) is 10.5. The van der Waals surface area contributed by atoms with Gasteiger partial charge in [0.1, 0.15) is 12.1 Å². The van der Waals surface area contributed by atoms with Gasteiger partial charge in [-0.15, -0.1) is 6.58 Å². The van der Waals surface area contributed by atoms with Crippen LogP contribution < -0.4 is 10.6 Å². The normalized spacial score (nSPS) is 23.3. The zero-order valence-electron chi connectivity index (χ0n) is 39.7. The van der Waals surface area contributed by atoms with E-state index in [9.17, 15) is 33.6 Å². The van der Waals surface area contributed by atoms with Crippen molar-refractivity contribution in [3.8, 4) is 0 Å². The van der Waals surface area contributed by atoms with Crippen molar-refractivity contribution in [2.75, 3.05) is 19.6 Å². The predicted octanol–water partition coefficient (Wildman–Crippen LogP) is 7.25. The molecule has 2 saturated carbocycles. The number of Topliss-reactive ketones (excluding diaryl/α,β-unsaturated/α-hetero) is 3. The third-order valence-electron chi connectivity index (χ3n) is 14.9.